The zero-order valence-electron chi connectivity index (χ0n) is 17.2. The number of anilines is 1. The Hall–Kier alpha value is -3.99. The van der Waals surface area contributed by atoms with Gasteiger partial charge in [0.15, 0.2) is 5.82 Å². The van der Waals surface area contributed by atoms with Gasteiger partial charge in [-0.2, -0.15) is 0 Å². The quantitative estimate of drug-likeness (QED) is 0.475. The molecular formula is C21H19N7O3S. The molecule has 0 unspecified atom stereocenters. The van der Waals surface area contributed by atoms with Gasteiger partial charge in [0.25, 0.3) is 5.91 Å². The van der Waals surface area contributed by atoms with Crippen LogP contribution < -0.4 is 5.32 Å². The van der Waals surface area contributed by atoms with Gasteiger partial charge in [-0.15, -0.1) is 10.2 Å². The highest BCUT2D eigenvalue weighted by Crippen LogP contribution is 2.22. The standard InChI is InChI=1S/C21H19N7O3S/c1-14(2)28-13-24-27-20(28)18-7-4-8-19(25-18)26-21(29)15-5-3-6-16(9-15)32(30,31)17-10-22-12-23-11-17/h3-14H,1-2H3,(H,25,26,29). The van der Waals surface area contributed by atoms with E-state index in [1.165, 1.54) is 43.0 Å². The molecule has 1 aromatic carbocycles. The number of nitrogens with zero attached hydrogens (tertiary/aromatic N) is 6. The molecule has 0 spiro atoms. The summed E-state index contributed by atoms with van der Waals surface area (Å²) in [6.45, 7) is 4.00. The topological polar surface area (TPSA) is 133 Å². The van der Waals surface area contributed by atoms with Crippen molar-refractivity contribution in [3.63, 3.8) is 0 Å². The third-order valence-corrected chi connectivity index (χ3v) is 6.31. The first-order valence-corrected chi connectivity index (χ1v) is 11.1. The Kier molecular flexibility index (Phi) is 5.73. The van der Waals surface area contributed by atoms with Crippen molar-refractivity contribution in [1.82, 2.24) is 29.7 Å². The predicted octanol–water partition coefficient (Wildman–Crippen LogP) is 2.80. The fraction of sp³-hybridized carbons (Fsp3) is 0.143. The van der Waals surface area contributed by atoms with E-state index in [0.29, 0.717) is 17.3 Å². The average Bonchev–Trinajstić information content (AvgIpc) is 3.30. The maximum Gasteiger partial charge on any atom is 0.256 e. The Morgan fingerprint density at radius 1 is 1.03 bits per heavy atom. The van der Waals surface area contributed by atoms with Gasteiger partial charge in [-0.1, -0.05) is 12.1 Å². The van der Waals surface area contributed by atoms with Crippen LogP contribution in [-0.2, 0) is 9.84 Å². The summed E-state index contributed by atoms with van der Waals surface area (Å²) in [6, 6.07) is 11.0. The molecule has 0 atom stereocenters. The van der Waals surface area contributed by atoms with Crippen molar-refractivity contribution in [2.75, 3.05) is 5.32 Å². The van der Waals surface area contributed by atoms with Gasteiger partial charge in [-0.3, -0.25) is 4.79 Å². The summed E-state index contributed by atoms with van der Waals surface area (Å²) in [7, 11) is -3.86. The summed E-state index contributed by atoms with van der Waals surface area (Å²) >= 11 is 0. The Labute approximate surface area is 184 Å². The number of sulfone groups is 1. The van der Waals surface area contributed by atoms with Crippen LogP contribution in [0.2, 0.25) is 0 Å². The second-order valence-electron chi connectivity index (χ2n) is 7.12. The number of carbonyl (C=O) groups is 1. The number of benzene rings is 1. The number of nitrogens with one attached hydrogen (secondary N) is 1. The van der Waals surface area contributed by atoms with Gasteiger partial charge in [0.1, 0.15) is 29.1 Å². The van der Waals surface area contributed by atoms with E-state index in [9.17, 15) is 13.2 Å². The molecule has 0 bridgehead atoms. The second-order valence-corrected chi connectivity index (χ2v) is 9.07. The van der Waals surface area contributed by atoms with E-state index in [-0.39, 0.29) is 21.4 Å². The highest BCUT2D eigenvalue weighted by Gasteiger charge is 2.20. The van der Waals surface area contributed by atoms with Crippen molar-refractivity contribution in [2.24, 2.45) is 0 Å². The number of carbonyl (C=O) groups excluding carboxylic acids is 1. The first kappa shape index (κ1) is 21.2. The van der Waals surface area contributed by atoms with E-state index in [2.05, 4.69) is 30.5 Å². The summed E-state index contributed by atoms with van der Waals surface area (Å²) in [5.41, 5.74) is 0.717. The number of amides is 1. The fourth-order valence-electron chi connectivity index (χ4n) is 2.99. The number of pyridine rings is 1. The third kappa shape index (κ3) is 4.23. The zero-order valence-corrected chi connectivity index (χ0v) is 18.1. The average molecular weight is 449 g/mol. The second kappa shape index (κ2) is 8.63. The summed E-state index contributed by atoms with van der Waals surface area (Å²) in [5, 5.41) is 10.8. The minimum absolute atomic E-state index is 0.0355. The maximum atomic E-state index is 12.8. The van der Waals surface area contributed by atoms with Crippen LogP contribution in [0.1, 0.15) is 30.2 Å². The van der Waals surface area contributed by atoms with Crippen LogP contribution in [0.3, 0.4) is 0 Å². The van der Waals surface area contributed by atoms with E-state index in [4.69, 9.17) is 0 Å². The molecule has 3 heterocycles. The fourth-order valence-corrected chi connectivity index (χ4v) is 4.20. The lowest BCUT2D eigenvalue weighted by atomic mass is 10.2. The monoisotopic (exact) mass is 449 g/mol. The van der Waals surface area contributed by atoms with Crippen molar-refractivity contribution < 1.29 is 13.2 Å². The Bertz CT molecular complexity index is 1370. The smallest absolute Gasteiger partial charge is 0.256 e. The van der Waals surface area contributed by atoms with Crippen LogP contribution in [-0.4, -0.2) is 44.0 Å². The number of aromatic nitrogens is 6. The molecule has 0 aliphatic carbocycles. The maximum absolute atomic E-state index is 12.8. The van der Waals surface area contributed by atoms with Gasteiger partial charge in [0.05, 0.1) is 4.90 Å². The highest BCUT2D eigenvalue weighted by atomic mass is 32.2. The first-order chi connectivity index (χ1) is 15.4. The van der Waals surface area contributed by atoms with Crippen molar-refractivity contribution in [3.05, 3.63) is 73.1 Å². The van der Waals surface area contributed by atoms with Gasteiger partial charge >= 0.3 is 0 Å². The molecule has 0 aliphatic heterocycles. The Balaban J connectivity index is 1.59. The van der Waals surface area contributed by atoms with Gasteiger partial charge in [0, 0.05) is 24.0 Å². The molecule has 162 valence electrons. The normalized spacial score (nSPS) is 11.5. The lowest BCUT2D eigenvalue weighted by Crippen LogP contribution is -2.14. The van der Waals surface area contributed by atoms with Gasteiger partial charge < -0.3 is 9.88 Å². The molecular weight excluding hydrogens is 430 g/mol. The molecule has 0 radical (unpaired) electrons. The first-order valence-electron chi connectivity index (χ1n) is 9.64. The minimum atomic E-state index is -3.86. The van der Waals surface area contributed by atoms with Gasteiger partial charge in [0.2, 0.25) is 9.84 Å². The van der Waals surface area contributed by atoms with E-state index < -0.39 is 15.7 Å². The van der Waals surface area contributed by atoms with E-state index >= 15 is 0 Å². The number of hydrogen-bond donors (Lipinski definition) is 1. The molecule has 4 rings (SSSR count). The summed E-state index contributed by atoms with van der Waals surface area (Å²) in [5.74, 6) is 0.381. The molecule has 1 N–H and O–H groups in total. The largest absolute Gasteiger partial charge is 0.310 e. The lowest BCUT2D eigenvalue weighted by molar-refractivity contribution is 0.102. The van der Waals surface area contributed by atoms with Crippen molar-refractivity contribution in [1.29, 1.82) is 0 Å². The zero-order chi connectivity index (χ0) is 22.7. The third-order valence-electron chi connectivity index (χ3n) is 4.60. The number of hydrogen-bond acceptors (Lipinski definition) is 8. The molecule has 0 saturated carbocycles. The van der Waals surface area contributed by atoms with Crippen molar-refractivity contribution in [3.8, 4) is 11.5 Å². The van der Waals surface area contributed by atoms with Gasteiger partial charge in [-0.25, -0.2) is 23.4 Å². The van der Waals surface area contributed by atoms with E-state index in [1.807, 2.05) is 18.4 Å². The van der Waals surface area contributed by atoms with E-state index in [0.717, 1.165) is 0 Å². The molecule has 4 aromatic rings. The Morgan fingerprint density at radius 3 is 2.53 bits per heavy atom. The molecule has 3 aromatic heterocycles. The summed E-state index contributed by atoms with van der Waals surface area (Å²) in [6.07, 6.45) is 5.28. The lowest BCUT2D eigenvalue weighted by Gasteiger charge is -2.11. The van der Waals surface area contributed by atoms with Gasteiger partial charge in [-0.05, 0) is 44.2 Å². The van der Waals surface area contributed by atoms with Crippen LogP contribution in [0, 0.1) is 0 Å². The predicted molar refractivity (Wildman–Crippen MR) is 116 cm³/mol. The Morgan fingerprint density at radius 2 is 1.78 bits per heavy atom. The van der Waals surface area contributed by atoms with Crippen molar-refractivity contribution >= 4 is 21.6 Å². The molecule has 1 amide bonds. The molecule has 0 aliphatic rings. The highest BCUT2D eigenvalue weighted by molar-refractivity contribution is 7.91. The SMILES string of the molecule is CC(C)n1cnnc1-c1cccc(NC(=O)c2cccc(S(=O)(=O)c3cncnc3)c2)n1. The van der Waals surface area contributed by atoms with E-state index in [1.54, 1.807) is 24.5 Å². The molecule has 11 heteroatoms. The van der Waals surface area contributed by atoms with Crippen LogP contribution in [0.25, 0.3) is 11.5 Å². The van der Waals surface area contributed by atoms with Crippen LogP contribution in [0.15, 0.2) is 77.3 Å². The van der Waals surface area contributed by atoms with Crippen LogP contribution in [0.5, 0.6) is 0 Å². The van der Waals surface area contributed by atoms with Crippen LogP contribution in [0.4, 0.5) is 5.82 Å². The molecule has 0 fully saturated rings. The molecule has 32 heavy (non-hydrogen) atoms. The minimum Gasteiger partial charge on any atom is -0.310 e. The number of rotatable bonds is 6. The molecule has 10 nitrogen and oxygen atoms in total. The van der Waals surface area contributed by atoms with Crippen LogP contribution >= 0.6 is 0 Å². The summed E-state index contributed by atoms with van der Waals surface area (Å²) in [4.78, 5) is 24.7. The summed E-state index contributed by atoms with van der Waals surface area (Å²) < 4.78 is 27.5. The van der Waals surface area contributed by atoms with Crippen molar-refractivity contribution in [2.45, 2.75) is 29.7 Å². The molecule has 0 saturated heterocycles.